The molecule has 0 saturated carbocycles. The molecule has 1 aliphatic rings. The van der Waals surface area contributed by atoms with Gasteiger partial charge in [0, 0.05) is 25.6 Å². The average molecular weight is 316 g/mol. The molecule has 0 radical (unpaired) electrons. The molecule has 1 heterocycles. The number of hydrogen-bond acceptors (Lipinski definition) is 3. The third-order valence-corrected chi connectivity index (χ3v) is 3.34. The molecule has 1 fully saturated rings. The molecule has 0 spiro atoms. The van der Waals surface area contributed by atoms with E-state index in [1.165, 1.54) is 6.07 Å². The summed E-state index contributed by atoms with van der Waals surface area (Å²) in [6.45, 7) is -0.146. The number of amides is 1. The number of carbonyl (C=O) groups is 1. The Kier molecular flexibility index (Phi) is 5.65. The van der Waals surface area contributed by atoms with E-state index in [2.05, 4.69) is 10.6 Å². The molecule has 0 aromatic heterocycles. The van der Waals surface area contributed by atoms with E-state index in [0.717, 1.165) is 18.4 Å². The van der Waals surface area contributed by atoms with Crippen molar-refractivity contribution in [2.24, 2.45) is 0 Å². The summed E-state index contributed by atoms with van der Waals surface area (Å²) in [6, 6.07) is 6.66. The molecule has 22 heavy (non-hydrogen) atoms. The molecule has 1 atom stereocenters. The minimum absolute atomic E-state index is 0.0700. The Morgan fingerprint density at radius 3 is 2.91 bits per heavy atom. The largest absolute Gasteiger partial charge is 0.484 e. The van der Waals surface area contributed by atoms with Gasteiger partial charge in [0.25, 0.3) is 0 Å². The summed E-state index contributed by atoms with van der Waals surface area (Å²) >= 11 is 0. The van der Waals surface area contributed by atoms with Gasteiger partial charge in [0.05, 0.1) is 0 Å². The van der Waals surface area contributed by atoms with E-state index in [4.69, 9.17) is 4.74 Å². The van der Waals surface area contributed by atoms with Gasteiger partial charge < -0.3 is 15.4 Å². The summed E-state index contributed by atoms with van der Waals surface area (Å²) in [5.74, 6) is 0.267. The van der Waals surface area contributed by atoms with E-state index in [0.29, 0.717) is 19.5 Å². The Hall–Kier alpha value is -1.76. The maximum atomic E-state index is 12.1. The second-order valence-electron chi connectivity index (χ2n) is 5.34. The van der Waals surface area contributed by atoms with Gasteiger partial charge in [-0.15, -0.1) is 0 Å². The number of piperidine rings is 1. The molecule has 4 nitrogen and oxygen atoms in total. The first kappa shape index (κ1) is 16.6. The summed E-state index contributed by atoms with van der Waals surface area (Å²) in [7, 11) is 0. The van der Waals surface area contributed by atoms with Crippen LogP contribution in [0.4, 0.5) is 13.2 Å². The van der Waals surface area contributed by atoms with Gasteiger partial charge in [-0.2, -0.15) is 13.2 Å². The molecule has 7 heteroatoms. The van der Waals surface area contributed by atoms with Crippen LogP contribution in [0.5, 0.6) is 5.75 Å². The quantitative estimate of drug-likeness (QED) is 0.847. The molecule has 1 aromatic carbocycles. The maximum absolute atomic E-state index is 12.1. The second-order valence-corrected chi connectivity index (χ2v) is 5.34. The van der Waals surface area contributed by atoms with Crippen molar-refractivity contribution in [3.63, 3.8) is 0 Å². The predicted octanol–water partition coefficient (Wildman–Crippen LogP) is 2.39. The van der Waals surface area contributed by atoms with E-state index in [9.17, 15) is 18.0 Å². The van der Waals surface area contributed by atoms with Crippen LogP contribution in [0.1, 0.15) is 24.8 Å². The number of rotatable bonds is 6. The molecule has 0 bridgehead atoms. The van der Waals surface area contributed by atoms with Crippen molar-refractivity contribution >= 4 is 5.91 Å². The third kappa shape index (κ3) is 5.93. The SMILES string of the molecule is O=C1CCC[C@H](CNCc2cccc(OCC(F)(F)F)c2)N1. The van der Waals surface area contributed by atoms with Crippen molar-refractivity contribution in [1.82, 2.24) is 10.6 Å². The number of alkyl halides is 3. The van der Waals surface area contributed by atoms with Gasteiger partial charge in [0.1, 0.15) is 5.75 Å². The Bertz CT molecular complexity index is 506. The zero-order valence-corrected chi connectivity index (χ0v) is 12.1. The van der Waals surface area contributed by atoms with E-state index in [1.807, 2.05) is 6.07 Å². The minimum Gasteiger partial charge on any atom is -0.484 e. The van der Waals surface area contributed by atoms with Crippen LogP contribution in [-0.2, 0) is 11.3 Å². The zero-order valence-electron chi connectivity index (χ0n) is 12.1. The van der Waals surface area contributed by atoms with E-state index >= 15 is 0 Å². The van der Waals surface area contributed by atoms with Gasteiger partial charge in [-0.25, -0.2) is 0 Å². The van der Waals surface area contributed by atoms with Crippen molar-refractivity contribution < 1.29 is 22.7 Å². The van der Waals surface area contributed by atoms with E-state index in [-0.39, 0.29) is 17.7 Å². The van der Waals surface area contributed by atoms with Crippen LogP contribution >= 0.6 is 0 Å². The molecular weight excluding hydrogens is 297 g/mol. The molecular formula is C15H19F3N2O2. The predicted molar refractivity (Wildman–Crippen MR) is 75.5 cm³/mol. The molecule has 2 rings (SSSR count). The van der Waals surface area contributed by atoms with Crippen LogP contribution in [0.15, 0.2) is 24.3 Å². The van der Waals surface area contributed by atoms with Crippen LogP contribution < -0.4 is 15.4 Å². The standard InChI is InChI=1S/C15H19F3N2O2/c16-15(17,18)10-22-13-5-1-3-11(7-13)8-19-9-12-4-2-6-14(21)20-12/h1,3,5,7,12,19H,2,4,6,8-10H2,(H,20,21)/t12-/m1/s1. The molecule has 0 aliphatic carbocycles. The lowest BCUT2D eigenvalue weighted by molar-refractivity contribution is -0.153. The molecule has 122 valence electrons. The first-order valence-electron chi connectivity index (χ1n) is 7.21. The number of halogens is 3. The highest BCUT2D eigenvalue weighted by atomic mass is 19.4. The molecule has 1 aliphatic heterocycles. The van der Waals surface area contributed by atoms with Gasteiger partial charge in [0.15, 0.2) is 6.61 Å². The van der Waals surface area contributed by atoms with Gasteiger partial charge in [-0.3, -0.25) is 4.79 Å². The fourth-order valence-corrected chi connectivity index (χ4v) is 2.34. The highest BCUT2D eigenvalue weighted by molar-refractivity contribution is 5.76. The highest BCUT2D eigenvalue weighted by Gasteiger charge is 2.28. The number of nitrogens with one attached hydrogen (secondary N) is 2. The summed E-state index contributed by atoms with van der Waals surface area (Å²) in [5, 5.41) is 6.10. The zero-order chi connectivity index (χ0) is 16.0. The lowest BCUT2D eigenvalue weighted by atomic mass is 10.0. The van der Waals surface area contributed by atoms with Crippen LogP contribution in [-0.4, -0.2) is 31.3 Å². The summed E-state index contributed by atoms with van der Waals surface area (Å²) in [4.78, 5) is 11.3. The van der Waals surface area contributed by atoms with E-state index in [1.54, 1.807) is 12.1 Å². The highest BCUT2D eigenvalue weighted by Crippen LogP contribution is 2.19. The summed E-state index contributed by atoms with van der Waals surface area (Å²) < 4.78 is 41.0. The Labute approximate surface area is 127 Å². The maximum Gasteiger partial charge on any atom is 0.422 e. The summed E-state index contributed by atoms with van der Waals surface area (Å²) in [6.07, 6.45) is -1.94. The van der Waals surface area contributed by atoms with Crippen LogP contribution in [0, 0.1) is 0 Å². The van der Waals surface area contributed by atoms with Crippen molar-refractivity contribution in [2.75, 3.05) is 13.2 Å². The molecule has 1 amide bonds. The van der Waals surface area contributed by atoms with Crippen LogP contribution in [0.2, 0.25) is 0 Å². The van der Waals surface area contributed by atoms with Crippen molar-refractivity contribution in [3.05, 3.63) is 29.8 Å². The monoisotopic (exact) mass is 316 g/mol. The topological polar surface area (TPSA) is 50.4 Å². The first-order chi connectivity index (χ1) is 10.4. The number of carbonyl (C=O) groups excluding carboxylic acids is 1. The average Bonchev–Trinajstić information content (AvgIpc) is 2.45. The van der Waals surface area contributed by atoms with Gasteiger partial charge in [-0.1, -0.05) is 12.1 Å². The molecule has 1 aromatic rings. The Morgan fingerprint density at radius 2 is 2.18 bits per heavy atom. The number of hydrogen-bond donors (Lipinski definition) is 2. The molecule has 0 unspecified atom stereocenters. The Balaban J connectivity index is 1.76. The van der Waals surface area contributed by atoms with Crippen molar-refractivity contribution in [1.29, 1.82) is 0 Å². The fourth-order valence-electron chi connectivity index (χ4n) is 2.34. The fraction of sp³-hybridized carbons (Fsp3) is 0.533. The second kappa shape index (κ2) is 7.49. The number of ether oxygens (including phenoxy) is 1. The van der Waals surface area contributed by atoms with Crippen molar-refractivity contribution in [2.45, 2.75) is 38.0 Å². The van der Waals surface area contributed by atoms with E-state index < -0.39 is 12.8 Å². The number of benzene rings is 1. The molecule has 1 saturated heterocycles. The van der Waals surface area contributed by atoms with Gasteiger partial charge in [0.2, 0.25) is 5.91 Å². The summed E-state index contributed by atoms with van der Waals surface area (Å²) in [5.41, 5.74) is 0.835. The lowest BCUT2D eigenvalue weighted by Gasteiger charge is -2.23. The first-order valence-corrected chi connectivity index (χ1v) is 7.21. The normalized spacial score (nSPS) is 18.9. The Morgan fingerprint density at radius 1 is 1.36 bits per heavy atom. The van der Waals surface area contributed by atoms with Gasteiger partial charge >= 0.3 is 6.18 Å². The third-order valence-electron chi connectivity index (χ3n) is 3.34. The minimum atomic E-state index is -4.34. The van der Waals surface area contributed by atoms with Crippen molar-refractivity contribution in [3.8, 4) is 5.75 Å². The lowest BCUT2D eigenvalue weighted by Crippen LogP contribution is -2.44. The molecule has 2 N–H and O–H groups in total. The van der Waals surface area contributed by atoms with Crippen LogP contribution in [0.3, 0.4) is 0 Å². The van der Waals surface area contributed by atoms with Gasteiger partial charge in [-0.05, 0) is 30.5 Å². The smallest absolute Gasteiger partial charge is 0.422 e. The van der Waals surface area contributed by atoms with Crippen LogP contribution in [0.25, 0.3) is 0 Å².